The first-order chi connectivity index (χ1) is 10.6. The Labute approximate surface area is 136 Å². The van der Waals surface area contributed by atoms with E-state index in [1.54, 1.807) is 18.4 Å². The molecule has 1 aromatic carbocycles. The minimum Gasteiger partial charge on any atom is -0.355 e. The van der Waals surface area contributed by atoms with Gasteiger partial charge in [-0.15, -0.1) is 11.3 Å². The summed E-state index contributed by atoms with van der Waals surface area (Å²) in [5.74, 6) is 0.593. The van der Waals surface area contributed by atoms with E-state index in [0.717, 1.165) is 18.5 Å². The van der Waals surface area contributed by atoms with Gasteiger partial charge in [0.15, 0.2) is 0 Å². The van der Waals surface area contributed by atoms with Crippen molar-refractivity contribution in [3.05, 3.63) is 57.8 Å². The third kappa shape index (κ3) is 4.68. The Balaban J connectivity index is 2.04. The molecule has 0 aliphatic heterocycles. The second-order valence-corrected chi connectivity index (χ2v) is 6.84. The molecule has 0 fully saturated rings. The highest BCUT2D eigenvalue weighted by atomic mass is 32.1. The van der Waals surface area contributed by atoms with Crippen LogP contribution in [0.1, 0.15) is 47.1 Å². The van der Waals surface area contributed by atoms with E-state index in [1.807, 2.05) is 18.2 Å². The van der Waals surface area contributed by atoms with Crippen LogP contribution in [0.5, 0.6) is 0 Å². The lowest BCUT2D eigenvalue weighted by molar-refractivity contribution is 0.0963. The van der Waals surface area contributed by atoms with Crippen molar-refractivity contribution in [2.45, 2.75) is 32.9 Å². The Bertz CT molecular complexity index is 593. The molecule has 0 aliphatic rings. The molecule has 2 N–H and O–H groups in total. The van der Waals surface area contributed by atoms with Crippen molar-refractivity contribution in [3.8, 4) is 0 Å². The van der Waals surface area contributed by atoms with Gasteiger partial charge in [-0.05, 0) is 41.5 Å². The first-order valence-corrected chi connectivity index (χ1v) is 8.56. The van der Waals surface area contributed by atoms with Gasteiger partial charge in [0.1, 0.15) is 0 Å². The summed E-state index contributed by atoms with van der Waals surface area (Å²) in [6.07, 6.45) is 1.11. The summed E-state index contributed by atoms with van der Waals surface area (Å²) in [7, 11) is 1.66. The molecule has 1 aromatic heterocycles. The Hall–Kier alpha value is -1.65. The number of carbonyl (C=O) groups excluding carboxylic acids is 1. The third-order valence-corrected chi connectivity index (χ3v) is 4.55. The summed E-state index contributed by atoms with van der Waals surface area (Å²) in [5, 5.41) is 8.42. The highest BCUT2D eigenvalue weighted by Crippen LogP contribution is 2.25. The molecule has 22 heavy (non-hydrogen) atoms. The number of amides is 1. The van der Waals surface area contributed by atoms with Gasteiger partial charge in [-0.2, -0.15) is 0 Å². The van der Waals surface area contributed by atoms with Crippen LogP contribution in [-0.2, 0) is 6.54 Å². The largest absolute Gasteiger partial charge is 0.355 e. The van der Waals surface area contributed by atoms with E-state index in [2.05, 4.69) is 48.1 Å². The van der Waals surface area contributed by atoms with Crippen molar-refractivity contribution in [2.75, 3.05) is 7.05 Å². The molecule has 1 atom stereocenters. The van der Waals surface area contributed by atoms with Crippen molar-refractivity contribution >= 4 is 17.2 Å². The number of benzene rings is 1. The molecule has 0 aliphatic carbocycles. The predicted octanol–water partition coefficient (Wildman–Crippen LogP) is 3.98. The zero-order valence-electron chi connectivity index (χ0n) is 13.4. The van der Waals surface area contributed by atoms with Crippen molar-refractivity contribution in [3.63, 3.8) is 0 Å². The highest BCUT2D eigenvalue weighted by molar-refractivity contribution is 7.10. The maximum absolute atomic E-state index is 11.7. The molecule has 1 heterocycles. The molecule has 0 radical (unpaired) electrons. The Morgan fingerprint density at radius 2 is 2.05 bits per heavy atom. The van der Waals surface area contributed by atoms with Crippen LogP contribution in [0.25, 0.3) is 0 Å². The summed E-state index contributed by atoms with van der Waals surface area (Å²) in [6.45, 7) is 5.25. The predicted molar refractivity (Wildman–Crippen MR) is 93.2 cm³/mol. The van der Waals surface area contributed by atoms with Crippen LogP contribution in [0, 0.1) is 5.92 Å². The van der Waals surface area contributed by atoms with Gasteiger partial charge >= 0.3 is 0 Å². The number of thiophene rings is 1. The average Bonchev–Trinajstić information content (AvgIpc) is 3.05. The van der Waals surface area contributed by atoms with Crippen molar-refractivity contribution in [2.24, 2.45) is 5.92 Å². The summed E-state index contributed by atoms with van der Waals surface area (Å²) < 4.78 is 0. The number of nitrogens with one attached hydrogen (secondary N) is 2. The fourth-order valence-corrected chi connectivity index (χ4v) is 3.28. The third-order valence-electron chi connectivity index (χ3n) is 3.56. The van der Waals surface area contributed by atoms with E-state index in [9.17, 15) is 4.79 Å². The number of hydrogen-bond acceptors (Lipinski definition) is 3. The monoisotopic (exact) mass is 316 g/mol. The van der Waals surface area contributed by atoms with Gasteiger partial charge in [-0.3, -0.25) is 4.79 Å². The first kappa shape index (κ1) is 16.7. The fraction of sp³-hybridized carbons (Fsp3) is 0.389. The molecule has 0 spiro atoms. The molecule has 4 heteroatoms. The quantitative estimate of drug-likeness (QED) is 0.811. The molecule has 118 valence electrons. The number of carbonyl (C=O) groups is 1. The zero-order valence-corrected chi connectivity index (χ0v) is 14.2. The molecular weight excluding hydrogens is 292 g/mol. The van der Waals surface area contributed by atoms with Gasteiger partial charge in [0.05, 0.1) is 0 Å². The molecule has 0 bridgehead atoms. The SMILES string of the molecule is CNC(=O)c1cccc(CNC(CC(C)C)c2cccs2)c1. The van der Waals surface area contributed by atoms with Crippen molar-refractivity contribution in [1.82, 2.24) is 10.6 Å². The molecular formula is C18H24N2OS. The maximum atomic E-state index is 11.7. The number of rotatable bonds is 7. The van der Waals surface area contributed by atoms with Crippen LogP contribution in [0.3, 0.4) is 0 Å². The van der Waals surface area contributed by atoms with Crippen LogP contribution < -0.4 is 10.6 Å². The fourth-order valence-electron chi connectivity index (χ4n) is 2.47. The van der Waals surface area contributed by atoms with E-state index < -0.39 is 0 Å². The van der Waals surface area contributed by atoms with E-state index in [4.69, 9.17) is 0 Å². The van der Waals surface area contributed by atoms with E-state index in [0.29, 0.717) is 17.5 Å². The summed E-state index contributed by atoms with van der Waals surface area (Å²) in [6, 6.07) is 12.4. The van der Waals surface area contributed by atoms with Crippen molar-refractivity contribution in [1.29, 1.82) is 0 Å². The first-order valence-electron chi connectivity index (χ1n) is 7.68. The molecule has 2 aromatic rings. The summed E-state index contributed by atoms with van der Waals surface area (Å²) in [5.41, 5.74) is 1.84. The van der Waals surface area contributed by atoms with Crippen LogP contribution >= 0.6 is 11.3 Å². The Kier molecular flexibility index (Phi) is 6.16. The van der Waals surface area contributed by atoms with Gasteiger partial charge in [0.2, 0.25) is 0 Å². The molecule has 0 saturated carbocycles. The van der Waals surface area contributed by atoms with Gasteiger partial charge in [-0.25, -0.2) is 0 Å². The molecule has 1 unspecified atom stereocenters. The minimum atomic E-state index is -0.0427. The Morgan fingerprint density at radius 3 is 2.68 bits per heavy atom. The molecule has 0 saturated heterocycles. The van der Waals surface area contributed by atoms with Crippen LogP contribution in [0.15, 0.2) is 41.8 Å². The van der Waals surface area contributed by atoms with Crippen LogP contribution in [-0.4, -0.2) is 13.0 Å². The second-order valence-electron chi connectivity index (χ2n) is 5.86. The topological polar surface area (TPSA) is 41.1 Å². The van der Waals surface area contributed by atoms with Gasteiger partial charge < -0.3 is 10.6 Å². The zero-order chi connectivity index (χ0) is 15.9. The van der Waals surface area contributed by atoms with E-state index in [-0.39, 0.29) is 5.91 Å². The molecule has 3 nitrogen and oxygen atoms in total. The maximum Gasteiger partial charge on any atom is 0.251 e. The average molecular weight is 316 g/mol. The summed E-state index contributed by atoms with van der Waals surface area (Å²) in [4.78, 5) is 13.1. The standard InChI is InChI=1S/C18H24N2OS/c1-13(2)10-16(17-8-5-9-22-17)20-12-14-6-4-7-15(11-14)18(21)19-3/h4-9,11,13,16,20H,10,12H2,1-3H3,(H,19,21). The van der Waals surface area contributed by atoms with E-state index in [1.165, 1.54) is 4.88 Å². The van der Waals surface area contributed by atoms with Crippen molar-refractivity contribution < 1.29 is 4.79 Å². The lowest BCUT2D eigenvalue weighted by Crippen LogP contribution is -2.22. The minimum absolute atomic E-state index is 0.0427. The normalized spacial score (nSPS) is 12.4. The van der Waals surface area contributed by atoms with Crippen LogP contribution in [0.4, 0.5) is 0 Å². The van der Waals surface area contributed by atoms with Gasteiger partial charge in [0, 0.05) is 30.1 Å². The lowest BCUT2D eigenvalue weighted by atomic mass is 10.0. The van der Waals surface area contributed by atoms with E-state index >= 15 is 0 Å². The molecule has 1 amide bonds. The lowest BCUT2D eigenvalue weighted by Gasteiger charge is -2.20. The smallest absolute Gasteiger partial charge is 0.251 e. The van der Waals surface area contributed by atoms with Crippen LogP contribution in [0.2, 0.25) is 0 Å². The summed E-state index contributed by atoms with van der Waals surface area (Å²) >= 11 is 1.79. The van der Waals surface area contributed by atoms with Gasteiger partial charge in [0.25, 0.3) is 5.91 Å². The Morgan fingerprint density at radius 1 is 1.23 bits per heavy atom. The van der Waals surface area contributed by atoms with Gasteiger partial charge in [-0.1, -0.05) is 32.0 Å². The second kappa shape index (κ2) is 8.11. The highest BCUT2D eigenvalue weighted by Gasteiger charge is 2.14. The number of hydrogen-bond donors (Lipinski definition) is 2. The molecule has 2 rings (SSSR count).